The third-order valence-electron chi connectivity index (χ3n) is 1.81. The molecule has 1 atom stereocenters. The fourth-order valence-corrected chi connectivity index (χ4v) is 2.75. The number of rotatable bonds is 5. The highest BCUT2D eigenvalue weighted by molar-refractivity contribution is 7.88. The highest BCUT2D eigenvalue weighted by atomic mass is 35.5. The van der Waals surface area contributed by atoms with Crippen LogP contribution in [0.5, 0.6) is 0 Å². The number of benzene rings is 1. The van der Waals surface area contributed by atoms with Gasteiger partial charge < -0.3 is 0 Å². The van der Waals surface area contributed by atoms with E-state index in [2.05, 4.69) is 4.72 Å². The topological polar surface area (TPSA) is 46.2 Å². The molecule has 0 amide bonds. The second-order valence-electron chi connectivity index (χ2n) is 3.42. The molecule has 1 rings (SSSR count). The van der Waals surface area contributed by atoms with Gasteiger partial charge in [0.25, 0.3) is 0 Å². The summed E-state index contributed by atoms with van der Waals surface area (Å²) >= 11 is 5.53. The van der Waals surface area contributed by atoms with Crippen LogP contribution in [0.4, 0.5) is 0 Å². The van der Waals surface area contributed by atoms with Gasteiger partial charge in [0.15, 0.2) is 0 Å². The van der Waals surface area contributed by atoms with E-state index in [4.69, 9.17) is 11.6 Å². The standard InChI is InChI=1S/C10H14ClNO2S/c1-9(7-11)12-15(13,14)8-10-5-3-2-4-6-10/h2-6,9,12H,7-8H2,1H3. The molecule has 1 N–H and O–H groups in total. The molecule has 0 spiro atoms. The lowest BCUT2D eigenvalue weighted by Crippen LogP contribution is -2.34. The summed E-state index contributed by atoms with van der Waals surface area (Å²) in [5.41, 5.74) is 0.770. The minimum absolute atomic E-state index is 0.00489. The second kappa shape index (κ2) is 5.49. The van der Waals surface area contributed by atoms with E-state index in [1.54, 1.807) is 19.1 Å². The summed E-state index contributed by atoms with van der Waals surface area (Å²) in [5, 5.41) is 0. The van der Waals surface area contributed by atoms with Gasteiger partial charge in [-0.2, -0.15) is 0 Å². The van der Waals surface area contributed by atoms with Gasteiger partial charge in [-0.3, -0.25) is 0 Å². The monoisotopic (exact) mass is 247 g/mol. The molecule has 3 nitrogen and oxygen atoms in total. The molecule has 0 aliphatic carbocycles. The largest absolute Gasteiger partial charge is 0.216 e. The minimum Gasteiger partial charge on any atom is -0.212 e. The lowest BCUT2D eigenvalue weighted by molar-refractivity contribution is 0.570. The normalized spacial score (nSPS) is 13.7. The molecule has 0 saturated carbocycles. The van der Waals surface area contributed by atoms with Gasteiger partial charge in [-0.1, -0.05) is 30.3 Å². The summed E-state index contributed by atoms with van der Waals surface area (Å²) in [4.78, 5) is 0. The third kappa shape index (κ3) is 4.64. The van der Waals surface area contributed by atoms with Gasteiger partial charge in [0.05, 0.1) is 5.75 Å². The SMILES string of the molecule is CC(CCl)NS(=O)(=O)Cc1ccccc1. The van der Waals surface area contributed by atoms with Crippen molar-refractivity contribution in [3.63, 3.8) is 0 Å². The molecule has 1 aromatic rings. The Morgan fingerprint density at radius 1 is 1.33 bits per heavy atom. The molecular formula is C10H14ClNO2S. The van der Waals surface area contributed by atoms with Crippen molar-refractivity contribution in [3.8, 4) is 0 Å². The zero-order valence-electron chi connectivity index (χ0n) is 8.48. The van der Waals surface area contributed by atoms with E-state index in [1.165, 1.54) is 0 Å². The molecule has 15 heavy (non-hydrogen) atoms. The zero-order chi connectivity index (χ0) is 11.3. The van der Waals surface area contributed by atoms with Crippen LogP contribution >= 0.6 is 11.6 Å². The van der Waals surface area contributed by atoms with E-state index in [-0.39, 0.29) is 17.7 Å². The Bertz CT molecular complexity index is 391. The van der Waals surface area contributed by atoms with Gasteiger partial charge in [-0.05, 0) is 12.5 Å². The minimum atomic E-state index is -3.28. The summed E-state index contributed by atoms with van der Waals surface area (Å²) in [5.74, 6) is 0.267. The average Bonchev–Trinajstić information content (AvgIpc) is 2.17. The first-order chi connectivity index (χ1) is 7.03. The number of sulfonamides is 1. The van der Waals surface area contributed by atoms with Gasteiger partial charge in [0.2, 0.25) is 10.0 Å². The maximum atomic E-state index is 11.6. The Morgan fingerprint density at radius 3 is 2.47 bits per heavy atom. The van der Waals surface area contributed by atoms with Crippen LogP contribution in [0.2, 0.25) is 0 Å². The van der Waals surface area contributed by atoms with E-state index >= 15 is 0 Å². The van der Waals surface area contributed by atoms with Crippen LogP contribution in [0.15, 0.2) is 30.3 Å². The molecule has 0 radical (unpaired) electrons. The molecule has 1 aromatic carbocycles. The summed E-state index contributed by atoms with van der Waals surface area (Å²) < 4.78 is 25.7. The van der Waals surface area contributed by atoms with Gasteiger partial charge in [-0.25, -0.2) is 13.1 Å². The van der Waals surface area contributed by atoms with E-state index in [9.17, 15) is 8.42 Å². The molecule has 0 fully saturated rings. The Kier molecular flexibility index (Phi) is 4.57. The fourth-order valence-electron chi connectivity index (χ4n) is 1.17. The smallest absolute Gasteiger partial charge is 0.212 e. The van der Waals surface area contributed by atoms with Crippen LogP contribution in [-0.4, -0.2) is 20.3 Å². The van der Waals surface area contributed by atoms with E-state index in [1.807, 2.05) is 18.2 Å². The Morgan fingerprint density at radius 2 is 1.93 bits per heavy atom. The van der Waals surface area contributed by atoms with Crippen LogP contribution in [-0.2, 0) is 15.8 Å². The Labute approximate surface area is 95.5 Å². The van der Waals surface area contributed by atoms with Crippen LogP contribution in [0.1, 0.15) is 12.5 Å². The zero-order valence-corrected chi connectivity index (χ0v) is 10.1. The van der Waals surface area contributed by atoms with Crippen LogP contribution in [0.25, 0.3) is 0 Å². The Balaban J connectivity index is 2.65. The Hall–Kier alpha value is -0.580. The molecular weight excluding hydrogens is 234 g/mol. The van der Waals surface area contributed by atoms with Crippen molar-refractivity contribution in [1.29, 1.82) is 0 Å². The first kappa shape index (κ1) is 12.5. The molecule has 0 bridgehead atoms. The van der Waals surface area contributed by atoms with Crippen molar-refractivity contribution in [2.75, 3.05) is 5.88 Å². The van der Waals surface area contributed by atoms with E-state index in [0.717, 1.165) is 5.56 Å². The highest BCUT2D eigenvalue weighted by Gasteiger charge is 2.14. The molecule has 0 saturated heterocycles. The number of hydrogen-bond acceptors (Lipinski definition) is 2. The van der Waals surface area contributed by atoms with Gasteiger partial charge in [0.1, 0.15) is 0 Å². The van der Waals surface area contributed by atoms with Crippen LogP contribution in [0.3, 0.4) is 0 Å². The first-order valence-electron chi connectivity index (χ1n) is 4.63. The van der Waals surface area contributed by atoms with Gasteiger partial charge in [0, 0.05) is 11.9 Å². The van der Waals surface area contributed by atoms with Crippen molar-refractivity contribution in [2.24, 2.45) is 0 Å². The lowest BCUT2D eigenvalue weighted by Gasteiger charge is -2.10. The molecule has 0 aliphatic heterocycles. The van der Waals surface area contributed by atoms with Crippen molar-refractivity contribution in [2.45, 2.75) is 18.7 Å². The van der Waals surface area contributed by atoms with Gasteiger partial charge in [-0.15, -0.1) is 11.6 Å². The van der Waals surface area contributed by atoms with E-state index < -0.39 is 10.0 Å². The predicted octanol–water partition coefficient (Wildman–Crippen LogP) is 1.73. The van der Waals surface area contributed by atoms with Crippen LogP contribution in [0, 0.1) is 0 Å². The van der Waals surface area contributed by atoms with Crippen molar-refractivity contribution in [1.82, 2.24) is 4.72 Å². The summed E-state index contributed by atoms with van der Waals surface area (Å²) in [6.07, 6.45) is 0. The maximum absolute atomic E-state index is 11.6. The summed E-state index contributed by atoms with van der Waals surface area (Å²) in [6.45, 7) is 1.73. The second-order valence-corrected chi connectivity index (χ2v) is 5.48. The average molecular weight is 248 g/mol. The number of nitrogens with one attached hydrogen (secondary N) is 1. The number of hydrogen-bond donors (Lipinski definition) is 1. The first-order valence-corrected chi connectivity index (χ1v) is 6.82. The summed E-state index contributed by atoms with van der Waals surface area (Å²) in [7, 11) is -3.28. The van der Waals surface area contributed by atoms with Crippen molar-refractivity contribution in [3.05, 3.63) is 35.9 Å². The molecule has 5 heteroatoms. The van der Waals surface area contributed by atoms with E-state index in [0.29, 0.717) is 0 Å². The van der Waals surface area contributed by atoms with Crippen LogP contribution < -0.4 is 4.72 Å². The molecule has 0 aliphatic rings. The fraction of sp³-hybridized carbons (Fsp3) is 0.400. The van der Waals surface area contributed by atoms with Gasteiger partial charge >= 0.3 is 0 Å². The predicted molar refractivity (Wildman–Crippen MR) is 62.4 cm³/mol. The molecule has 84 valence electrons. The third-order valence-corrected chi connectivity index (χ3v) is 3.75. The lowest BCUT2D eigenvalue weighted by atomic mass is 10.2. The molecule has 0 heterocycles. The molecule has 1 unspecified atom stereocenters. The highest BCUT2D eigenvalue weighted by Crippen LogP contribution is 2.04. The molecule has 0 aromatic heterocycles. The number of halogens is 1. The maximum Gasteiger partial charge on any atom is 0.216 e. The van der Waals surface area contributed by atoms with Crippen molar-refractivity contribution >= 4 is 21.6 Å². The summed E-state index contributed by atoms with van der Waals surface area (Å²) in [6, 6.07) is 8.81. The van der Waals surface area contributed by atoms with Crippen molar-refractivity contribution < 1.29 is 8.42 Å². The number of alkyl halides is 1. The quantitative estimate of drug-likeness (QED) is 0.806.